The Morgan fingerprint density at radius 2 is 1.41 bits per heavy atom. The lowest BCUT2D eigenvalue weighted by Gasteiger charge is -2.16. The van der Waals surface area contributed by atoms with Crippen molar-refractivity contribution in [2.75, 3.05) is 4.90 Å². The minimum atomic E-state index is -0.526. The van der Waals surface area contributed by atoms with E-state index in [-0.39, 0.29) is 10.6 Å². The van der Waals surface area contributed by atoms with Crippen LogP contribution in [0.3, 0.4) is 0 Å². The predicted octanol–water partition coefficient (Wildman–Crippen LogP) is 5.62. The highest BCUT2D eigenvalue weighted by Gasteiger charge is 2.39. The van der Waals surface area contributed by atoms with Crippen LogP contribution in [-0.4, -0.2) is 11.8 Å². The summed E-state index contributed by atoms with van der Waals surface area (Å²) in [6.45, 7) is 3.94. The van der Waals surface area contributed by atoms with Gasteiger partial charge in [0.2, 0.25) is 0 Å². The molecule has 4 rings (SSSR count). The number of aryl methyl sites for hydroxylation is 2. The number of imide groups is 1. The molecular weight excluding hydrogens is 386 g/mol. The van der Waals surface area contributed by atoms with E-state index in [2.05, 4.69) is 0 Å². The summed E-state index contributed by atoms with van der Waals surface area (Å²) in [5, 5.41) is -0.0668. The molecule has 2 amide bonds. The van der Waals surface area contributed by atoms with Crippen LogP contribution >= 0.6 is 11.6 Å². The van der Waals surface area contributed by atoms with Crippen molar-refractivity contribution in [3.05, 3.63) is 94.5 Å². The normalized spacial score (nSPS) is 14.0. The molecule has 1 aliphatic heterocycles. The highest BCUT2D eigenvalue weighted by molar-refractivity contribution is 6.60. The van der Waals surface area contributed by atoms with Gasteiger partial charge in [0, 0.05) is 0 Å². The first-order chi connectivity index (χ1) is 14.0. The molecule has 0 atom stereocenters. The Balaban J connectivity index is 1.60. The van der Waals surface area contributed by atoms with Gasteiger partial charge in [-0.15, -0.1) is 0 Å². The zero-order valence-corrected chi connectivity index (χ0v) is 16.7. The quantitative estimate of drug-likeness (QED) is 0.531. The van der Waals surface area contributed by atoms with Crippen LogP contribution < -0.4 is 9.64 Å². The summed E-state index contributed by atoms with van der Waals surface area (Å²) in [6.07, 6.45) is 0. The SMILES string of the molecule is Cc1ccc(C2=C(Cl)C(=O)N(c3ccc(Oc4ccccc4)cc3)C2=O)cc1C. The Morgan fingerprint density at radius 3 is 2.07 bits per heavy atom. The third-order valence-electron chi connectivity index (χ3n) is 4.90. The van der Waals surface area contributed by atoms with E-state index in [4.69, 9.17) is 16.3 Å². The highest BCUT2D eigenvalue weighted by Crippen LogP contribution is 2.36. The minimum absolute atomic E-state index is 0.0668. The van der Waals surface area contributed by atoms with Crippen molar-refractivity contribution >= 4 is 34.7 Å². The summed E-state index contributed by atoms with van der Waals surface area (Å²) in [5.41, 5.74) is 3.44. The van der Waals surface area contributed by atoms with Gasteiger partial charge in [-0.2, -0.15) is 0 Å². The molecule has 1 aliphatic rings. The Hall–Kier alpha value is -3.37. The molecule has 1 heterocycles. The van der Waals surface area contributed by atoms with Crippen molar-refractivity contribution in [2.45, 2.75) is 13.8 Å². The fourth-order valence-electron chi connectivity index (χ4n) is 3.17. The van der Waals surface area contributed by atoms with Gasteiger partial charge in [0.25, 0.3) is 11.8 Å². The molecular formula is C24H18ClNO3. The molecule has 3 aromatic rings. The number of benzene rings is 3. The second kappa shape index (κ2) is 7.57. The first kappa shape index (κ1) is 19.0. The van der Waals surface area contributed by atoms with Crippen LogP contribution in [0.1, 0.15) is 16.7 Å². The van der Waals surface area contributed by atoms with Crippen molar-refractivity contribution in [3.63, 3.8) is 0 Å². The van der Waals surface area contributed by atoms with Gasteiger partial charge in [0.1, 0.15) is 16.5 Å². The Labute approximate surface area is 174 Å². The number of amides is 2. The summed E-state index contributed by atoms with van der Waals surface area (Å²) < 4.78 is 5.76. The first-order valence-electron chi connectivity index (χ1n) is 9.15. The van der Waals surface area contributed by atoms with Crippen LogP contribution in [0.25, 0.3) is 5.57 Å². The fraction of sp³-hybridized carbons (Fsp3) is 0.0833. The van der Waals surface area contributed by atoms with Gasteiger partial charge in [-0.05, 0) is 66.9 Å². The summed E-state index contributed by atoms with van der Waals surface area (Å²) in [6, 6.07) is 21.7. The van der Waals surface area contributed by atoms with E-state index in [0.29, 0.717) is 22.7 Å². The molecule has 4 nitrogen and oxygen atoms in total. The van der Waals surface area contributed by atoms with Crippen molar-refractivity contribution in [2.24, 2.45) is 0 Å². The standard InChI is InChI=1S/C24H18ClNO3/c1-15-8-9-17(14-16(15)2)21-22(25)24(28)26(23(21)27)18-10-12-20(13-11-18)29-19-6-4-3-5-7-19/h3-14H,1-2H3. The van der Waals surface area contributed by atoms with Crippen LogP contribution in [0, 0.1) is 13.8 Å². The molecule has 0 radical (unpaired) electrons. The van der Waals surface area contributed by atoms with Crippen molar-refractivity contribution in [3.8, 4) is 11.5 Å². The highest BCUT2D eigenvalue weighted by atomic mass is 35.5. The third-order valence-corrected chi connectivity index (χ3v) is 5.25. The van der Waals surface area contributed by atoms with E-state index in [1.165, 1.54) is 0 Å². The first-order valence-corrected chi connectivity index (χ1v) is 9.52. The molecule has 144 valence electrons. The number of para-hydroxylation sites is 1. The van der Waals surface area contributed by atoms with E-state index in [1.54, 1.807) is 24.3 Å². The number of carbonyl (C=O) groups is 2. The maximum atomic E-state index is 13.0. The maximum absolute atomic E-state index is 13.0. The topological polar surface area (TPSA) is 46.6 Å². The van der Waals surface area contributed by atoms with Gasteiger partial charge in [-0.3, -0.25) is 9.59 Å². The molecule has 29 heavy (non-hydrogen) atoms. The van der Waals surface area contributed by atoms with Gasteiger partial charge in [0.15, 0.2) is 0 Å². The summed E-state index contributed by atoms with van der Waals surface area (Å²) in [4.78, 5) is 26.8. The smallest absolute Gasteiger partial charge is 0.277 e. The largest absolute Gasteiger partial charge is 0.457 e. The molecule has 0 fully saturated rings. The van der Waals surface area contributed by atoms with Crippen molar-refractivity contribution in [1.29, 1.82) is 0 Å². The number of anilines is 1. The van der Waals surface area contributed by atoms with E-state index in [0.717, 1.165) is 16.0 Å². The molecule has 3 aromatic carbocycles. The second-order valence-electron chi connectivity index (χ2n) is 6.84. The maximum Gasteiger partial charge on any atom is 0.277 e. The molecule has 0 spiro atoms. The lowest BCUT2D eigenvalue weighted by atomic mass is 10.0. The van der Waals surface area contributed by atoms with E-state index < -0.39 is 11.8 Å². The number of carbonyl (C=O) groups excluding carboxylic acids is 2. The minimum Gasteiger partial charge on any atom is -0.457 e. The van der Waals surface area contributed by atoms with Gasteiger partial charge in [0.05, 0.1) is 11.3 Å². The average Bonchev–Trinajstić information content (AvgIpc) is 2.94. The van der Waals surface area contributed by atoms with Crippen molar-refractivity contribution in [1.82, 2.24) is 0 Å². The summed E-state index contributed by atoms with van der Waals surface area (Å²) in [5.74, 6) is 0.351. The van der Waals surface area contributed by atoms with Gasteiger partial charge < -0.3 is 4.74 Å². The monoisotopic (exact) mass is 403 g/mol. The lowest BCUT2D eigenvalue weighted by Crippen LogP contribution is -2.31. The molecule has 0 aliphatic carbocycles. The molecule has 0 saturated heterocycles. The van der Waals surface area contributed by atoms with E-state index in [1.807, 2.05) is 62.4 Å². The molecule has 5 heteroatoms. The third kappa shape index (κ3) is 3.55. The van der Waals surface area contributed by atoms with Crippen LogP contribution in [0.5, 0.6) is 11.5 Å². The van der Waals surface area contributed by atoms with Crippen LogP contribution in [0.2, 0.25) is 0 Å². The molecule has 0 N–H and O–H groups in total. The summed E-state index contributed by atoms with van der Waals surface area (Å²) in [7, 11) is 0. The van der Waals surface area contributed by atoms with Crippen LogP contribution in [0.4, 0.5) is 5.69 Å². The zero-order chi connectivity index (χ0) is 20.5. The number of ether oxygens (including phenoxy) is 1. The zero-order valence-electron chi connectivity index (χ0n) is 16.0. The number of rotatable bonds is 4. The Bertz CT molecular complexity index is 1130. The van der Waals surface area contributed by atoms with Gasteiger partial charge in [-0.1, -0.05) is 48.0 Å². The second-order valence-corrected chi connectivity index (χ2v) is 7.22. The fourth-order valence-corrected chi connectivity index (χ4v) is 3.45. The number of halogens is 1. The Morgan fingerprint density at radius 1 is 0.759 bits per heavy atom. The molecule has 0 aromatic heterocycles. The number of hydrogen-bond donors (Lipinski definition) is 0. The predicted molar refractivity (Wildman–Crippen MR) is 114 cm³/mol. The van der Waals surface area contributed by atoms with E-state index in [9.17, 15) is 9.59 Å². The van der Waals surface area contributed by atoms with Gasteiger partial charge >= 0.3 is 0 Å². The summed E-state index contributed by atoms with van der Waals surface area (Å²) >= 11 is 6.28. The lowest BCUT2D eigenvalue weighted by molar-refractivity contribution is -0.119. The van der Waals surface area contributed by atoms with Crippen molar-refractivity contribution < 1.29 is 14.3 Å². The van der Waals surface area contributed by atoms with Gasteiger partial charge in [-0.25, -0.2) is 4.90 Å². The molecule has 0 bridgehead atoms. The van der Waals surface area contributed by atoms with Crippen LogP contribution in [0.15, 0.2) is 77.8 Å². The number of hydrogen-bond acceptors (Lipinski definition) is 3. The molecule has 0 saturated carbocycles. The number of nitrogens with zero attached hydrogens (tertiary/aromatic N) is 1. The van der Waals surface area contributed by atoms with Crippen LogP contribution in [-0.2, 0) is 9.59 Å². The molecule has 0 unspecified atom stereocenters. The van der Waals surface area contributed by atoms with E-state index >= 15 is 0 Å². The Kier molecular flexibility index (Phi) is 4.95. The average molecular weight is 404 g/mol.